The molecule has 0 radical (unpaired) electrons. The zero-order valence-electron chi connectivity index (χ0n) is 15.0. The molecule has 0 unspecified atom stereocenters. The van der Waals surface area contributed by atoms with E-state index in [-0.39, 0.29) is 29.8 Å². The number of phenolic OH excluding ortho intramolecular Hbond substituents is 1. The van der Waals surface area contributed by atoms with Crippen LogP contribution in [0.15, 0.2) is 30.3 Å². The molecule has 0 bridgehead atoms. The van der Waals surface area contributed by atoms with Gasteiger partial charge in [-0.3, -0.25) is 4.79 Å². The average molecular weight is 357 g/mol. The quantitative estimate of drug-likeness (QED) is 0.635. The van der Waals surface area contributed by atoms with Crippen LogP contribution < -0.4 is 0 Å². The third kappa shape index (κ3) is 3.80. The minimum Gasteiger partial charge on any atom is -0.507 e. The maximum atomic E-state index is 12.5. The molecule has 0 amide bonds. The number of aromatic hydroxyl groups is 1. The summed E-state index contributed by atoms with van der Waals surface area (Å²) in [6.45, 7) is 4.99. The van der Waals surface area contributed by atoms with Crippen molar-refractivity contribution in [3.8, 4) is 5.75 Å². The van der Waals surface area contributed by atoms with Crippen LogP contribution in [0.5, 0.6) is 5.75 Å². The summed E-state index contributed by atoms with van der Waals surface area (Å²) < 4.78 is 12.8. The van der Waals surface area contributed by atoms with Crippen LogP contribution in [-0.2, 0) is 16.0 Å². The van der Waals surface area contributed by atoms with Crippen molar-refractivity contribution in [2.45, 2.75) is 39.3 Å². The van der Waals surface area contributed by atoms with Gasteiger partial charge in [-0.2, -0.15) is 0 Å². The Balaban J connectivity index is 1.66. The second-order valence-corrected chi connectivity index (χ2v) is 6.55. The van der Waals surface area contributed by atoms with Crippen LogP contribution in [0.3, 0.4) is 0 Å². The van der Waals surface area contributed by atoms with Gasteiger partial charge >= 0.3 is 5.97 Å². The van der Waals surface area contributed by atoms with E-state index in [2.05, 4.69) is 4.57 Å². The molecule has 1 aromatic carbocycles. The molecule has 0 aliphatic carbocycles. The van der Waals surface area contributed by atoms with Crippen molar-refractivity contribution in [1.29, 1.82) is 0 Å². The van der Waals surface area contributed by atoms with Gasteiger partial charge in [-0.25, -0.2) is 4.79 Å². The predicted molar refractivity (Wildman–Crippen MR) is 95.6 cm³/mol. The van der Waals surface area contributed by atoms with E-state index >= 15 is 0 Å². The number of ketones is 1. The first kappa shape index (κ1) is 18.2. The molecule has 1 fully saturated rings. The Hall–Kier alpha value is -2.60. The summed E-state index contributed by atoms with van der Waals surface area (Å²) in [6.07, 6.45) is 2.28. The molecule has 1 N–H and O–H groups in total. The number of hydrogen-bond acceptors (Lipinski definition) is 5. The zero-order valence-corrected chi connectivity index (χ0v) is 15.0. The summed E-state index contributed by atoms with van der Waals surface area (Å²) >= 11 is 0. The molecule has 1 aromatic heterocycles. The van der Waals surface area contributed by atoms with Crippen molar-refractivity contribution in [3.63, 3.8) is 0 Å². The van der Waals surface area contributed by atoms with Crippen molar-refractivity contribution in [2.75, 3.05) is 13.2 Å². The first-order valence-electron chi connectivity index (χ1n) is 8.74. The number of nitrogens with zero attached hydrogens (tertiary/aromatic N) is 1. The fraction of sp³-hybridized carbons (Fsp3) is 0.400. The van der Waals surface area contributed by atoms with Crippen LogP contribution in [0, 0.1) is 13.8 Å². The van der Waals surface area contributed by atoms with Gasteiger partial charge in [-0.05, 0) is 44.9 Å². The molecule has 138 valence electrons. The molecular weight excluding hydrogens is 334 g/mol. The summed E-state index contributed by atoms with van der Waals surface area (Å²) in [5.74, 6) is -1.15. The van der Waals surface area contributed by atoms with Crippen LogP contribution in [0.4, 0.5) is 0 Å². The Labute approximate surface area is 152 Å². The number of ether oxygens (including phenoxy) is 2. The number of phenols is 1. The number of carbonyl (C=O) groups excluding carboxylic acids is 2. The van der Waals surface area contributed by atoms with Crippen LogP contribution in [-0.4, -0.2) is 40.7 Å². The molecule has 1 atom stereocenters. The number of aromatic nitrogens is 1. The van der Waals surface area contributed by atoms with Crippen LogP contribution in [0.2, 0.25) is 0 Å². The largest absolute Gasteiger partial charge is 0.507 e. The van der Waals surface area contributed by atoms with E-state index in [1.165, 1.54) is 12.1 Å². The van der Waals surface area contributed by atoms with Crippen molar-refractivity contribution in [2.24, 2.45) is 0 Å². The third-order valence-electron chi connectivity index (χ3n) is 4.74. The normalized spacial score (nSPS) is 16.6. The third-order valence-corrected chi connectivity index (χ3v) is 4.74. The standard InChI is InChI=1S/C20H23NO5/c1-13-10-17(14(2)21(13)11-15-6-5-9-25-15)19(23)12-26-20(24)16-7-3-4-8-18(16)22/h3-4,7-8,10,15,22H,5-6,9,11-12H2,1-2H3/t15-/m0/s1. The number of aryl methyl sites for hydroxylation is 1. The summed E-state index contributed by atoms with van der Waals surface area (Å²) in [5.41, 5.74) is 2.42. The topological polar surface area (TPSA) is 77.8 Å². The highest BCUT2D eigenvalue weighted by atomic mass is 16.5. The first-order valence-corrected chi connectivity index (χ1v) is 8.74. The zero-order chi connectivity index (χ0) is 18.7. The van der Waals surface area contributed by atoms with Gasteiger partial charge in [0, 0.05) is 30.1 Å². The number of esters is 1. The predicted octanol–water partition coefficient (Wildman–Crippen LogP) is 3.03. The minimum absolute atomic E-state index is 0.0455. The number of carbonyl (C=O) groups is 2. The highest BCUT2D eigenvalue weighted by molar-refractivity contribution is 6.00. The van der Waals surface area contributed by atoms with Crippen LogP contribution >= 0.6 is 0 Å². The SMILES string of the molecule is Cc1cc(C(=O)COC(=O)c2ccccc2O)c(C)n1C[C@@H]1CCCO1. The molecule has 2 heterocycles. The van der Waals surface area contributed by atoms with Crippen molar-refractivity contribution >= 4 is 11.8 Å². The fourth-order valence-electron chi connectivity index (χ4n) is 3.29. The van der Waals surface area contributed by atoms with Gasteiger partial charge in [-0.1, -0.05) is 12.1 Å². The van der Waals surface area contributed by atoms with Crippen LogP contribution in [0.1, 0.15) is 44.9 Å². The van der Waals surface area contributed by atoms with E-state index in [0.717, 1.165) is 37.4 Å². The number of Topliss-reactive ketones (excluding diaryl/α,β-unsaturated/α-hetero) is 1. The lowest BCUT2D eigenvalue weighted by atomic mass is 10.1. The van der Waals surface area contributed by atoms with E-state index in [1.54, 1.807) is 12.1 Å². The second kappa shape index (κ2) is 7.74. The number of para-hydroxylation sites is 1. The monoisotopic (exact) mass is 357 g/mol. The molecule has 0 spiro atoms. The molecule has 2 aromatic rings. The molecule has 1 aliphatic rings. The number of hydrogen-bond donors (Lipinski definition) is 1. The van der Waals surface area contributed by atoms with E-state index in [4.69, 9.17) is 9.47 Å². The highest BCUT2D eigenvalue weighted by Crippen LogP contribution is 2.21. The average Bonchev–Trinajstić information content (AvgIpc) is 3.23. The maximum absolute atomic E-state index is 12.5. The summed E-state index contributed by atoms with van der Waals surface area (Å²) in [6, 6.07) is 7.91. The second-order valence-electron chi connectivity index (χ2n) is 6.55. The first-order chi connectivity index (χ1) is 12.5. The Morgan fingerprint density at radius 1 is 1.27 bits per heavy atom. The van der Waals surface area contributed by atoms with Gasteiger partial charge in [0.1, 0.15) is 11.3 Å². The molecule has 0 saturated carbocycles. The van der Waals surface area contributed by atoms with Gasteiger partial charge in [-0.15, -0.1) is 0 Å². The highest BCUT2D eigenvalue weighted by Gasteiger charge is 2.22. The molecule has 1 saturated heterocycles. The van der Waals surface area contributed by atoms with Crippen molar-refractivity contribution in [3.05, 3.63) is 52.8 Å². The number of benzene rings is 1. The summed E-state index contributed by atoms with van der Waals surface area (Å²) in [7, 11) is 0. The number of rotatable bonds is 6. The Morgan fingerprint density at radius 2 is 2.04 bits per heavy atom. The van der Waals surface area contributed by atoms with E-state index in [9.17, 15) is 14.7 Å². The van der Waals surface area contributed by atoms with Gasteiger partial charge in [0.25, 0.3) is 0 Å². The molecule has 6 nitrogen and oxygen atoms in total. The van der Waals surface area contributed by atoms with Gasteiger partial charge in [0.05, 0.1) is 6.10 Å². The van der Waals surface area contributed by atoms with E-state index < -0.39 is 5.97 Å². The molecule has 26 heavy (non-hydrogen) atoms. The lowest BCUT2D eigenvalue weighted by molar-refractivity contribution is 0.0471. The molecule has 1 aliphatic heterocycles. The van der Waals surface area contributed by atoms with E-state index in [1.807, 2.05) is 19.9 Å². The van der Waals surface area contributed by atoms with Crippen LogP contribution in [0.25, 0.3) is 0 Å². The Kier molecular flexibility index (Phi) is 5.42. The molecule has 6 heteroatoms. The smallest absolute Gasteiger partial charge is 0.342 e. The molecule has 3 rings (SSSR count). The lowest BCUT2D eigenvalue weighted by Gasteiger charge is -2.14. The minimum atomic E-state index is -0.718. The Morgan fingerprint density at radius 3 is 2.73 bits per heavy atom. The van der Waals surface area contributed by atoms with Gasteiger partial charge in [0.2, 0.25) is 5.78 Å². The Bertz CT molecular complexity index is 818. The van der Waals surface area contributed by atoms with Gasteiger partial charge in [0.15, 0.2) is 6.61 Å². The summed E-state index contributed by atoms with van der Waals surface area (Å²) in [4.78, 5) is 24.5. The van der Waals surface area contributed by atoms with Crippen molar-refractivity contribution < 1.29 is 24.2 Å². The lowest BCUT2D eigenvalue weighted by Crippen LogP contribution is -2.18. The van der Waals surface area contributed by atoms with Gasteiger partial charge < -0.3 is 19.1 Å². The van der Waals surface area contributed by atoms with Crippen molar-refractivity contribution in [1.82, 2.24) is 4.57 Å². The molecular formula is C20H23NO5. The summed E-state index contributed by atoms with van der Waals surface area (Å²) in [5, 5.41) is 9.68. The fourth-order valence-corrected chi connectivity index (χ4v) is 3.29. The maximum Gasteiger partial charge on any atom is 0.342 e. The van der Waals surface area contributed by atoms with E-state index in [0.29, 0.717) is 5.56 Å².